The molecule has 0 saturated carbocycles. The average molecular weight is 427 g/mol. The molecule has 1 aromatic carbocycles. The molecule has 0 spiro atoms. The molecule has 0 radical (unpaired) electrons. The van der Waals surface area contributed by atoms with Crippen molar-refractivity contribution in [2.24, 2.45) is 11.8 Å². The van der Waals surface area contributed by atoms with Crippen molar-refractivity contribution in [3.63, 3.8) is 0 Å². The summed E-state index contributed by atoms with van der Waals surface area (Å²) in [6.45, 7) is 5.21. The van der Waals surface area contributed by atoms with E-state index in [9.17, 15) is 14.9 Å². The van der Waals surface area contributed by atoms with Gasteiger partial charge in [-0.05, 0) is 30.9 Å². The minimum absolute atomic E-state index is 0. The second kappa shape index (κ2) is 8.14. The minimum atomic E-state index is -0.428. The average Bonchev–Trinajstić information content (AvgIpc) is 3.30. The molecule has 4 rings (SSSR count). The van der Waals surface area contributed by atoms with E-state index in [0.29, 0.717) is 22.3 Å². The summed E-state index contributed by atoms with van der Waals surface area (Å²) < 4.78 is 0.754. The largest absolute Gasteiger partial charge is 0.338 e. The number of aryl methyl sites for hydroxylation is 1. The second-order valence-corrected chi connectivity index (χ2v) is 8.83. The van der Waals surface area contributed by atoms with Crippen molar-refractivity contribution in [1.82, 2.24) is 15.2 Å². The quantitative estimate of drug-likeness (QED) is 0.596. The number of carbonyl (C=O) groups is 1. The van der Waals surface area contributed by atoms with Crippen LogP contribution >= 0.6 is 35.5 Å². The van der Waals surface area contributed by atoms with Gasteiger partial charge in [0, 0.05) is 48.9 Å². The third-order valence-corrected chi connectivity index (χ3v) is 7.00. The number of hydrogen-bond acceptors (Lipinski definition) is 7. The molecule has 2 aliphatic heterocycles. The summed E-state index contributed by atoms with van der Waals surface area (Å²) in [6, 6.07) is 4.74. The molecule has 1 N–H and O–H groups in total. The maximum absolute atomic E-state index is 12.8. The van der Waals surface area contributed by atoms with Gasteiger partial charge < -0.3 is 10.2 Å². The molecule has 10 heteroatoms. The van der Waals surface area contributed by atoms with E-state index in [0.717, 1.165) is 36.2 Å². The van der Waals surface area contributed by atoms with Crippen molar-refractivity contribution in [3.05, 3.63) is 45.0 Å². The molecule has 144 valence electrons. The van der Waals surface area contributed by atoms with E-state index < -0.39 is 4.92 Å². The molecule has 2 aromatic rings. The van der Waals surface area contributed by atoms with Gasteiger partial charge in [-0.15, -0.1) is 23.7 Å². The van der Waals surface area contributed by atoms with Crippen LogP contribution in [0.4, 0.5) is 5.69 Å². The zero-order chi connectivity index (χ0) is 18.3. The first-order valence-electron chi connectivity index (χ1n) is 8.39. The molecule has 2 fully saturated rings. The summed E-state index contributed by atoms with van der Waals surface area (Å²) in [5, 5.41) is 16.8. The van der Waals surface area contributed by atoms with E-state index in [1.807, 2.05) is 17.2 Å². The first kappa shape index (κ1) is 20.1. The predicted molar refractivity (Wildman–Crippen MR) is 107 cm³/mol. The maximum Gasteiger partial charge on any atom is 0.284 e. The summed E-state index contributed by atoms with van der Waals surface area (Å²) in [5.41, 5.74) is 1.22. The Bertz CT molecular complexity index is 864. The van der Waals surface area contributed by atoms with Crippen LogP contribution in [0.2, 0.25) is 0 Å². The third-order valence-electron chi connectivity index (χ3n) is 4.87. The van der Waals surface area contributed by atoms with Crippen LogP contribution in [0.25, 0.3) is 0 Å². The van der Waals surface area contributed by atoms with Gasteiger partial charge >= 0.3 is 0 Å². The molecule has 2 atom stereocenters. The molecule has 1 aromatic heterocycles. The predicted octanol–water partition coefficient (Wildman–Crippen LogP) is 3.22. The van der Waals surface area contributed by atoms with Crippen LogP contribution in [0, 0.1) is 28.9 Å². The van der Waals surface area contributed by atoms with Gasteiger partial charge in [0.25, 0.3) is 11.6 Å². The Morgan fingerprint density at radius 1 is 1.37 bits per heavy atom. The molecule has 2 saturated heterocycles. The molecular formula is C17H19ClN4O3S2. The zero-order valence-corrected chi connectivity index (χ0v) is 17.0. The number of likely N-dealkylation sites (tertiary alicyclic amines) is 1. The van der Waals surface area contributed by atoms with Gasteiger partial charge in [0.2, 0.25) is 0 Å². The Balaban J connectivity index is 0.00000210. The first-order chi connectivity index (χ1) is 12.5. The number of fused-ring (bicyclic) bond motifs is 1. The number of hydrogen-bond donors (Lipinski definition) is 1. The van der Waals surface area contributed by atoms with Crippen molar-refractivity contribution >= 4 is 47.1 Å². The van der Waals surface area contributed by atoms with Gasteiger partial charge in [0.05, 0.1) is 9.82 Å². The van der Waals surface area contributed by atoms with Gasteiger partial charge in [0.1, 0.15) is 0 Å². The van der Waals surface area contributed by atoms with Crippen LogP contribution in [-0.4, -0.2) is 46.9 Å². The Morgan fingerprint density at radius 2 is 2.07 bits per heavy atom. The lowest BCUT2D eigenvalue weighted by Crippen LogP contribution is -2.31. The first-order valence-corrected chi connectivity index (χ1v) is 10.1. The van der Waals surface area contributed by atoms with E-state index in [2.05, 4.69) is 10.3 Å². The number of nitro groups is 1. The van der Waals surface area contributed by atoms with Crippen LogP contribution in [0.15, 0.2) is 32.8 Å². The summed E-state index contributed by atoms with van der Waals surface area (Å²) in [4.78, 5) is 30.5. The monoisotopic (exact) mass is 426 g/mol. The molecule has 0 unspecified atom stereocenters. The fraction of sp³-hybridized carbons (Fsp3) is 0.412. The highest BCUT2D eigenvalue weighted by atomic mass is 35.5. The van der Waals surface area contributed by atoms with E-state index in [4.69, 9.17) is 0 Å². The van der Waals surface area contributed by atoms with E-state index >= 15 is 0 Å². The standard InChI is InChI=1S/C17H18N4O3S2.ClH/c1-10-9-25-17(19-10)26-15-3-2-11(4-14(15)21(23)24)16(22)20-7-12-5-18-6-13(12)8-20;/h2-4,9,12-13,18H,5-8H2,1H3;1H/t12-,13+;. The Morgan fingerprint density at radius 3 is 2.67 bits per heavy atom. The number of thiazole rings is 1. The van der Waals surface area contributed by atoms with Crippen molar-refractivity contribution in [2.45, 2.75) is 16.2 Å². The molecule has 3 heterocycles. The molecule has 7 nitrogen and oxygen atoms in total. The lowest BCUT2D eigenvalue weighted by Gasteiger charge is -2.17. The normalized spacial score (nSPS) is 21.0. The number of nitrogens with one attached hydrogen (secondary N) is 1. The summed E-state index contributed by atoms with van der Waals surface area (Å²) >= 11 is 2.72. The Kier molecular flexibility index (Phi) is 6.05. The van der Waals surface area contributed by atoms with Gasteiger partial charge in [-0.3, -0.25) is 14.9 Å². The minimum Gasteiger partial charge on any atom is -0.338 e. The summed E-state index contributed by atoms with van der Waals surface area (Å²) in [6.07, 6.45) is 0. The van der Waals surface area contributed by atoms with Gasteiger partial charge in [-0.1, -0.05) is 11.8 Å². The van der Waals surface area contributed by atoms with Crippen LogP contribution in [-0.2, 0) is 0 Å². The summed E-state index contributed by atoms with van der Waals surface area (Å²) in [5.74, 6) is 0.873. The molecule has 27 heavy (non-hydrogen) atoms. The van der Waals surface area contributed by atoms with Crippen molar-refractivity contribution in [1.29, 1.82) is 0 Å². The van der Waals surface area contributed by atoms with Gasteiger partial charge in [-0.2, -0.15) is 0 Å². The smallest absolute Gasteiger partial charge is 0.284 e. The fourth-order valence-electron chi connectivity index (χ4n) is 3.56. The van der Waals surface area contributed by atoms with Crippen LogP contribution < -0.4 is 5.32 Å². The second-order valence-electron chi connectivity index (χ2n) is 6.69. The number of nitro benzene ring substituents is 1. The number of rotatable bonds is 4. The number of amides is 1. The van der Waals surface area contributed by atoms with E-state index in [-0.39, 0.29) is 24.0 Å². The molecule has 0 aliphatic carbocycles. The number of aromatic nitrogens is 1. The van der Waals surface area contributed by atoms with Crippen LogP contribution in [0.3, 0.4) is 0 Å². The highest BCUT2D eigenvalue weighted by molar-refractivity contribution is 8.01. The topological polar surface area (TPSA) is 88.4 Å². The number of nitrogens with zero attached hydrogens (tertiary/aromatic N) is 3. The highest BCUT2D eigenvalue weighted by Crippen LogP contribution is 2.37. The lowest BCUT2D eigenvalue weighted by atomic mass is 10.0. The molecule has 1 amide bonds. The summed E-state index contributed by atoms with van der Waals surface area (Å²) in [7, 11) is 0. The molecular weight excluding hydrogens is 408 g/mol. The third kappa shape index (κ3) is 4.11. The van der Waals surface area contributed by atoms with E-state index in [1.54, 1.807) is 12.1 Å². The molecule has 0 bridgehead atoms. The maximum atomic E-state index is 12.8. The number of benzene rings is 1. The van der Waals surface area contributed by atoms with Crippen molar-refractivity contribution < 1.29 is 9.72 Å². The fourth-order valence-corrected chi connectivity index (χ4v) is 5.44. The SMILES string of the molecule is Cc1csc(Sc2ccc(C(=O)N3C[C@H]4CNC[C@H]4C3)cc2[N+](=O)[O-])n1.Cl. The van der Waals surface area contributed by atoms with Crippen LogP contribution in [0.5, 0.6) is 0 Å². The molecule has 2 aliphatic rings. The number of halogens is 1. The zero-order valence-electron chi connectivity index (χ0n) is 14.6. The van der Waals surface area contributed by atoms with Gasteiger partial charge in [-0.25, -0.2) is 4.98 Å². The Hall–Kier alpha value is -1.68. The number of carbonyl (C=O) groups excluding carboxylic acids is 1. The van der Waals surface area contributed by atoms with Crippen LogP contribution in [0.1, 0.15) is 16.1 Å². The van der Waals surface area contributed by atoms with Crippen molar-refractivity contribution in [3.8, 4) is 0 Å². The van der Waals surface area contributed by atoms with Gasteiger partial charge in [0.15, 0.2) is 4.34 Å². The highest BCUT2D eigenvalue weighted by Gasteiger charge is 2.38. The van der Waals surface area contributed by atoms with Crippen molar-refractivity contribution in [2.75, 3.05) is 26.2 Å². The lowest BCUT2D eigenvalue weighted by molar-refractivity contribution is -0.387. The van der Waals surface area contributed by atoms with E-state index in [1.165, 1.54) is 29.2 Å². The Labute approximate surface area is 171 Å².